The van der Waals surface area contributed by atoms with E-state index in [1.165, 1.54) is 5.56 Å². The molecular formula is C40H24N4O. The molecule has 0 saturated heterocycles. The number of hydrogen-bond acceptors (Lipinski definition) is 5. The SMILES string of the molecule is CC12c3cc(C#N)ccc3Oc3cccc(c31)-c1cc(-c3nc(-c4ccccc4)nc(-c4cccc5ccccc45)n3)ccc12. The van der Waals surface area contributed by atoms with Crippen molar-refractivity contribution in [1.29, 1.82) is 5.26 Å². The summed E-state index contributed by atoms with van der Waals surface area (Å²) in [5, 5.41) is 11.9. The lowest BCUT2D eigenvalue weighted by Crippen LogP contribution is -2.27. The van der Waals surface area contributed by atoms with Crippen molar-refractivity contribution in [3.63, 3.8) is 0 Å². The van der Waals surface area contributed by atoms with Gasteiger partial charge >= 0.3 is 0 Å². The van der Waals surface area contributed by atoms with Crippen LogP contribution in [0.3, 0.4) is 0 Å². The van der Waals surface area contributed by atoms with Gasteiger partial charge in [0.15, 0.2) is 17.5 Å². The van der Waals surface area contributed by atoms with Crippen molar-refractivity contribution >= 4 is 10.8 Å². The summed E-state index contributed by atoms with van der Waals surface area (Å²) >= 11 is 0. The fourth-order valence-corrected chi connectivity index (χ4v) is 7.07. The fraction of sp³-hybridized carbons (Fsp3) is 0.0500. The molecule has 0 amide bonds. The topological polar surface area (TPSA) is 71.7 Å². The van der Waals surface area contributed by atoms with Crippen molar-refractivity contribution in [3.8, 4) is 62.9 Å². The molecule has 0 saturated carbocycles. The first-order chi connectivity index (χ1) is 22.1. The molecule has 45 heavy (non-hydrogen) atoms. The minimum atomic E-state index is -0.470. The van der Waals surface area contributed by atoms with Crippen LogP contribution in [0.2, 0.25) is 0 Å². The normalized spacial score (nSPS) is 15.5. The fourth-order valence-electron chi connectivity index (χ4n) is 7.07. The highest BCUT2D eigenvalue weighted by Gasteiger charge is 2.47. The number of benzene rings is 6. The highest BCUT2D eigenvalue weighted by atomic mass is 16.5. The second kappa shape index (κ2) is 9.44. The van der Waals surface area contributed by atoms with Gasteiger partial charge in [-0.25, -0.2) is 15.0 Å². The standard InChI is InChI=1S/C40H24N4O/c1-40-32-19-18-27(22-31(32)29-14-8-16-35(36(29)40)45-34-20-17-24(23-41)21-33(34)40)38-42-37(26-10-3-2-4-11-26)43-39(44-38)30-15-7-12-25-9-5-6-13-28(25)30/h2-22H,1H3. The lowest BCUT2D eigenvalue weighted by Gasteiger charge is -2.35. The Kier molecular flexibility index (Phi) is 5.32. The number of hydrogen-bond donors (Lipinski definition) is 0. The van der Waals surface area contributed by atoms with Crippen LogP contribution in [0.25, 0.3) is 56.1 Å². The van der Waals surface area contributed by atoms with Gasteiger partial charge in [-0.3, -0.25) is 0 Å². The van der Waals surface area contributed by atoms with E-state index in [-0.39, 0.29) is 0 Å². The summed E-state index contributed by atoms with van der Waals surface area (Å²) in [7, 11) is 0. The molecule has 0 radical (unpaired) electrons. The molecular weight excluding hydrogens is 552 g/mol. The molecule has 5 heteroatoms. The van der Waals surface area contributed by atoms with Gasteiger partial charge in [0.05, 0.1) is 17.0 Å². The number of nitrogens with zero attached hydrogens (tertiary/aromatic N) is 4. The van der Waals surface area contributed by atoms with Crippen LogP contribution in [-0.2, 0) is 5.41 Å². The van der Waals surface area contributed by atoms with E-state index in [2.05, 4.69) is 61.5 Å². The lowest BCUT2D eigenvalue weighted by atomic mass is 9.72. The number of fused-ring (bicyclic) bond motifs is 6. The number of aromatic nitrogens is 3. The van der Waals surface area contributed by atoms with Gasteiger partial charge < -0.3 is 4.74 Å². The van der Waals surface area contributed by atoms with Gasteiger partial charge in [0.1, 0.15) is 11.5 Å². The van der Waals surface area contributed by atoms with Gasteiger partial charge in [-0.1, -0.05) is 97.1 Å². The van der Waals surface area contributed by atoms with Crippen molar-refractivity contribution in [2.24, 2.45) is 0 Å². The van der Waals surface area contributed by atoms with Crippen molar-refractivity contribution in [1.82, 2.24) is 15.0 Å². The summed E-state index contributed by atoms with van der Waals surface area (Å²) in [6, 6.07) is 45.3. The molecule has 7 aromatic rings. The first-order valence-corrected chi connectivity index (χ1v) is 14.9. The summed E-state index contributed by atoms with van der Waals surface area (Å²) in [6.45, 7) is 2.23. The molecule has 1 atom stereocenters. The van der Waals surface area contributed by atoms with Crippen LogP contribution in [0.15, 0.2) is 127 Å². The van der Waals surface area contributed by atoms with E-state index in [9.17, 15) is 5.26 Å². The van der Waals surface area contributed by atoms with Crippen molar-refractivity contribution in [2.45, 2.75) is 12.3 Å². The maximum Gasteiger partial charge on any atom is 0.164 e. The summed E-state index contributed by atoms with van der Waals surface area (Å²) in [5.74, 6) is 3.49. The average Bonchev–Trinajstić information content (AvgIpc) is 3.37. The zero-order valence-electron chi connectivity index (χ0n) is 24.3. The molecule has 1 aromatic heterocycles. The van der Waals surface area contributed by atoms with E-state index < -0.39 is 5.41 Å². The third kappa shape index (κ3) is 3.70. The Bertz CT molecular complexity index is 2390. The summed E-state index contributed by atoms with van der Waals surface area (Å²) in [6.07, 6.45) is 0. The summed E-state index contributed by atoms with van der Waals surface area (Å²) in [5.41, 5.74) is 8.46. The highest BCUT2D eigenvalue weighted by Crippen LogP contribution is 2.60. The number of rotatable bonds is 3. The third-order valence-corrected chi connectivity index (χ3v) is 9.20. The van der Waals surface area contributed by atoms with Crippen molar-refractivity contribution in [2.75, 3.05) is 0 Å². The predicted octanol–water partition coefficient (Wildman–Crippen LogP) is 9.34. The molecule has 2 aliphatic rings. The molecule has 0 fully saturated rings. The molecule has 1 aliphatic heterocycles. The van der Waals surface area contributed by atoms with Gasteiger partial charge in [0.2, 0.25) is 0 Å². The van der Waals surface area contributed by atoms with Crippen LogP contribution in [-0.4, -0.2) is 15.0 Å². The Morgan fingerprint density at radius 3 is 2.18 bits per heavy atom. The van der Waals surface area contributed by atoms with Crippen molar-refractivity contribution < 1.29 is 4.74 Å². The lowest BCUT2D eigenvalue weighted by molar-refractivity contribution is 0.431. The van der Waals surface area contributed by atoms with E-state index in [1.54, 1.807) is 0 Å². The van der Waals surface area contributed by atoms with Gasteiger partial charge in [-0.05, 0) is 64.7 Å². The molecule has 2 heterocycles. The van der Waals surface area contributed by atoms with E-state index >= 15 is 0 Å². The Hall–Kier alpha value is -6.12. The zero-order valence-corrected chi connectivity index (χ0v) is 24.3. The average molecular weight is 577 g/mol. The van der Waals surface area contributed by atoms with Gasteiger partial charge in [0.25, 0.3) is 0 Å². The first-order valence-electron chi connectivity index (χ1n) is 14.9. The first kappa shape index (κ1) is 25.4. The van der Waals surface area contributed by atoms with E-state index in [0.717, 1.165) is 61.2 Å². The van der Waals surface area contributed by atoms with Crippen LogP contribution >= 0.6 is 0 Å². The summed E-state index contributed by atoms with van der Waals surface area (Å²) in [4.78, 5) is 15.1. The Labute approximate surface area is 260 Å². The quantitative estimate of drug-likeness (QED) is 0.210. The van der Waals surface area contributed by atoms with Gasteiger partial charge in [-0.2, -0.15) is 5.26 Å². The minimum Gasteiger partial charge on any atom is -0.457 e. The monoisotopic (exact) mass is 576 g/mol. The summed E-state index contributed by atoms with van der Waals surface area (Å²) < 4.78 is 6.40. The van der Waals surface area contributed by atoms with Crippen LogP contribution < -0.4 is 4.74 Å². The zero-order chi connectivity index (χ0) is 30.1. The van der Waals surface area contributed by atoms with Crippen LogP contribution in [0.5, 0.6) is 11.5 Å². The van der Waals surface area contributed by atoms with E-state index in [0.29, 0.717) is 23.0 Å². The Balaban J connectivity index is 1.27. The van der Waals surface area contributed by atoms with E-state index in [1.807, 2.05) is 78.9 Å². The molecule has 0 N–H and O–H groups in total. The minimum absolute atomic E-state index is 0.470. The van der Waals surface area contributed by atoms with Gasteiger partial charge in [0, 0.05) is 27.8 Å². The molecule has 1 unspecified atom stereocenters. The van der Waals surface area contributed by atoms with Crippen LogP contribution in [0.1, 0.15) is 29.2 Å². The molecule has 5 nitrogen and oxygen atoms in total. The molecule has 210 valence electrons. The highest BCUT2D eigenvalue weighted by molar-refractivity contribution is 5.95. The largest absolute Gasteiger partial charge is 0.457 e. The second-order valence-electron chi connectivity index (χ2n) is 11.7. The maximum absolute atomic E-state index is 9.71. The predicted molar refractivity (Wildman–Crippen MR) is 176 cm³/mol. The third-order valence-electron chi connectivity index (χ3n) is 9.20. The molecule has 9 rings (SSSR count). The molecule has 0 bridgehead atoms. The molecule has 6 aromatic carbocycles. The van der Waals surface area contributed by atoms with E-state index in [4.69, 9.17) is 19.7 Å². The number of nitriles is 1. The Morgan fingerprint density at radius 2 is 1.31 bits per heavy atom. The van der Waals surface area contributed by atoms with Gasteiger partial charge in [-0.15, -0.1) is 0 Å². The smallest absolute Gasteiger partial charge is 0.164 e. The molecule has 1 aliphatic carbocycles. The maximum atomic E-state index is 9.71. The second-order valence-corrected chi connectivity index (χ2v) is 11.7. The Morgan fingerprint density at radius 1 is 0.578 bits per heavy atom. The van der Waals surface area contributed by atoms with Crippen LogP contribution in [0, 0.1) is 11.3 Å². The molecule has 0 spiro atoms. The van der Waals surface area contributed by atoms with Crippen molar-refractivity contribution in [3.05, 3.63) is 150 Å². The number of ether oxygens (including phenoxy) is 1. The van der Waals surface area contributed by atoms with Crippen LogP contribution in [0.4, 0.5) is 0 Å².